The molecule has 1 heterocycles. The molecule has 0 radical (unpaired) electrons. The van der Waals surface area contributed by atoms with Crippen LogP contribution in [0, 0.1) is 0 Å². The van der Waals surface area contributed by atoms with Gasteiger partial charge in [-0.2, -0.15) is 0 Å². The molecule has 9 heteroatoms. The lowest BCUT2D eigenvalue weighted by atomic mass is 10.00. The average Bonchev–Trinajstić information content (AvgIpc) is 3.34. The van der Waals surface area contributed by atoms with E-state index in [2.05, 4.69) is 42.5 Å². The smallest absolute Gasteiger partial charge is 0.251 e. The van der Waals surface area contributed by atoms with Crippen molar-refractivity contribution in [3.05, 3.63) is 92.4 Å². The lowest BCUT2D eigenvalue weighted by molar-refractivity contribution is -0.117. The van der Waals surface area contributed by atoms with Gasteiger partial charge in [-0.05, 0) is 61.2 Å². The fraction of sp³-hybridized carbons (Fsp3) is 0.333. The third-order valence-electron chi connectivity index (χ3n) is 6.53. The van der Waals surface area contributed by atoms with E-state index in [9.17, 15) is 14.7 Å². The number of amides is 2. The van der Waals surface area contributed by atoms with E-state index < -0.39 is 12.1 Å². The molecule has 1 aliphatic rings. The normalized spacial score (nSPS) is 14.8. The fourth-order valence-corrected chi connectivity index (χ4v) is 6.05. The molecule has 0 unspecified atom stereocenters. The molecular formula is C30H33Br2N3O4. The summed E-state index contributed by atoms with van der Waals surface area (Å²) < 4.78 is 7.64. The lowest BCUT2D eigenvalue weighted by Gasteiger charge is -2.25. The van der Waals surface area contributed by atoms with Crippen LogP contribution in [0.3, 0.4) is 0 Å². The summed E-state index contributed by atoms with van der Waals surface area (Å²) in [5.41, 5.74) is 3.09. The molecule has 2 amide bonds. The quantitative estimate of drug-likeness (QED) is 0.248. The molecule has 0 aliphatic carbocycles. The zero-order valence-electron chi connectivity index (χ0n) is 21.8. The zero-order chi connectivity index (χ0) is 27.8. The minimum atomic E-state index is -0.848. The van der Waals surface area contributed by atoms with Crippen molar-refractivity contribution >= 4 is 49.4 Å². The average molecular weight is 659 g/mol. The molecule has 3 aromatic rings. The number of anilines is 1. The number of nitrogens with one attached hydrogen (secondary N) is 2. The van der Waals surface area contributed by atoms with Gasteiger partial charge in [0.2, 0.25) is 5.91 Å². The molecular weight excluding hydrogens is 626 g/mol. The van der Waals surface area contributed by atoms with E-state index in [1.165, 1.54) is 0 Å². The van der Waals surface area contributed by atoms with E-state index in [-0.39, 0.29) is 18.4 Å². The van der Waals surface area contributed by atoms with Crippen molar-refractivity contribution in [1.29, 1.82) is 0 Å². The molecule has 7 nitrogen and oxygen atoms in total. The number of aliphatic hydroxyl groups excluding tert-OH is 1. The highest BCUT2D eigenvalue weighted by atomic mass is 79.9. The van der Waals surface area contributed by atoms with Crippen LogP contribution in [0.5, 0.6) is 5.75 Å². The van der Waals surface area contributed by atoms with Gasteiger partial charge >= 0.3 is 0 Å². The molecule has 206 valence electrons. The van der Waals surface area contributed by atoms with Crippen molar-refractivity contribution in [3.63, 3.8) is 0 Å². The van der Waals surface area contributed by atoms with Gasteiger partial charge in [0.15, 0.2) is 0 Å². The number of halogens is 2. The molecule has 4 rings (SSSR count). The molecule has 3 N–H and O–H groups in total. The summed E-state index contributed by atoms with van der Waals surface area (Å²) in [6.07, 6.45) is 0.893. The Hall–Kier alpha value is -2.72. The Morgan fingerprint density at radius 1 is 1.05 bits per heavy atom. The first kappa shape index (κ1) is 29.3. The van der Waals surface area contributed by atoms with Gasteiger partial charge in [0.05, 0.1) is 18.8 Å². The number of hydrogen-bond acceptors (Lipinski definition) is 5. The summed E-state index contributed by atoms with van der Waals surface area (Å²) in [7, 11) is 0. The Bertz CT molecular complexity index is 1270. The van der Waals surface area contributed by atoms with Crippen molar-refractivity contribution in [2.24, 2.45) is 0 Å². The second-order valence-electron chi connectivity index (χ2n) is 9.54. The fourth-order valence-electron chi connectivity index (χ4n) is 4.66. The minimum Gasteiger partial charge on any atom is -0.494 e. The highest BCUT2D eigenvalue weighted by Crippen LogP contribution is 2.28. The first-order chi connectivity index (χ1) is 18.8. The summed E-state index contributed by atoms with van der Waals surface area (Å²) in [6.45, 7) is 3.78. The summed E-state index contributed by atoms with van der Waals surface area (Å²) in [5.74, 6) is 0.234. The number of carbonyl (C=O) groups is 2. The van der Waals surface area contributed by atoms with E-state index in [0.717, 1.165) is 26.5 Å². The van der Waals surface area contributed by atoms with Crippen LogP contribution in [-0.2, 0) is 17.8 Å². The Morgan fingerprint density at radius 2 is 1.79 bits per heavy atom. The number of carbonyl (C=O) groups excluding carboxylic acids is 2. The van der Waals surface area contributed by atoms with Gasteiger partial charge in [-0.25, -0.2) is 0 Å². The van der Waals surface area contributed by atoms with Crippen molar-refractivity contribution in [3.8, 4) is 5.75 Å². The Morgan fingerprint density at radius 3 is 2.46 bits per heavy atom. The van der Waals surface area contributed by atoms with Crippen molar-refractivity contribution in [2.45, 2.75) is 44.9 Å². The number of rotatable bonds is 12. The van der Waals surface area contributed by atoms with E-state index in [0.29, 0.717) is 49.5 Å². The molecule has 1 saturated heterocycles. The second kappa shape index (κ2) is 14.1. The van der Waals surface area contributed by atoms with Crippen LogP contribution >= 0.6 is 31.9 Å². The van der Waals surface area contributed by atoms with Crippen LogP contribution in [0.15, 0.2) is 75.7 Å². The molecule has 0 spiro atoms. The van der Waals surface area contributed by atoms with Crippen LogP contribution in [0.4, 0.5) is 5.69 Å². The maximum Gasteiger partial charge on any atom is 0.251 e. The Labute approximate surface area is 246 Å². The van der Waals surface area contributed by atoms with Crippen LogP contribution in [0.1, 0.15) is 41.3 Å². The Balaban J connectivity index is 1.50. The predicted octanol–water partition coefficient (Wildman–Crippen LogP) is 5.23. The largest absolute Gasteiger partial charge is 0.494 e. The summed E-state index contributed by atoms with van der Waals surface area (Å²) in [5, 5.41) is 17.5. The topological polar surface area (TPSA) is 90.9 Å². The molecule has 3 aromatic carbocycles. The van der Waals surface area contributed by atoms with Gasteiger partial charge in [0, 0.05) is 52.3 Å². The van der Waals surface area contributed by atoms with E-state index in [1.807, 2.05) is 55.5 Å². The van der Waals surface area contributed by atoms with Gasteiger partial charge in [0.25, 0.3) is 5.91 Å². The summed E-state index contributed by atoms with van der Waals surface area (Å²) in [6, 6.07) is 20.4. The monoisotopic (exact) mass is 657 g/mol. The van der Waals surface area contributed by atoms with Gasteiger partial charge in [-0.1, -0.05) is 62.2 Å². The molecule has 1 aliphatic heterocycles. The van der Waals surface area contributed by atoms with Crippen LogP contribution in [0.2, 0.25) is 0 Å². The number of hydrogen-bond donors (Lipinski definition) is 3. The molecule has 0 saturated carbocycles. The lowest BCUT2D eigenvalue weighted by Crippen LogP contribution is -2.48. The third-order valence-corrected chi connectivity index (χ3v) is 7.45. The van der Waals surface area contributed by atoms with Crippen LogP contribution in [-0.4, -0.2) is 48.8 Å². The highest BCUT2D eigenvalue weighted by molar-refractivity contribution is 9.11. The summed E-state index contributed by atoms with van der Waals surface area (Å²) in [4.78, 5) is 27.6. The van der Waals surface area contributed by atoms with Crippen molar-refractivity contribution < 1.29 is 19.4 Å². The van der Waals surface area contributed by atoms with E-state index in [4.69, 9.17) is 4.74 Å². The molecule has 0 bridgehead atoms. The number of nitrogens with zero attached hydrogens (tertiary/aromatic N) is 1. The third kappa shape index (κ3) is 8.38. The second-order valence-corrected chi connectivity index (χ2v) is 11.4. The number of aliphatic hydroxyl groups is 1. The van der Waals surface area contributed by atoms with Crippen molar-refractivity contribution in [1.82, 2.24) is 10.6 Å². The molecule has 0 aromatic heterocycles. The maximum absolute atomic E-state index is 13.5. The SMILES string of the molecule is CCOc1cc(C(=O)N[C@@H](Cc2ccccc2)[C@@H](O)CNCc2cc(Br)cc(Br)c2)cc(N2CCCC2=O)c1. The van der Waals surface area contributed by atoms with Gasteiger partial charge in [-0.15, -0.1) is 0 Å². The predicted molar refractivity (Wildman–Crippen MR) is 160 cm³/mol. The standard InChI is InChI=1S/C30H33Br2N3O4/c1-2-39-26-15-22(14-25(17-26)35-10-6-9-29(35)37)30(38)34-27(13-20-7-4-3-5-8-20)28(36)19-33-18-21-11-23(31)16-24(32)12-21/h3-5,7-8,11-12,14-17,27-28,33,36H,2,6,9-10,13,18-19H2,1H3,(H,34,38)/t27-,28-/m0/s1. The first-order valence-electron chi connectivity index (χ1n) is 13.1. The van der Waals surface area contributed by atoms with Crippen LogP contribution in [0.25, 0.3) is 0 Å². The minimum absolute atomic E-state index is 0.0379. The number of benzene rings is 3. The van der Waals surface area contributed by atoms with Crippen molar-refractivity contribution in [2.75, 3.05) is 24.6 Å². The number of ether oxygens (including phenoxy) is 1. The van der Waals surface area contributed by atoms with E-state index >= 15 is 0 Å². The van der Waals surface area contributed by atoms with Crippen LogP contribution < -0.4 is 20.3 Å². The molecule has 2 atom stereocenters. The maximum atomic E-state index is 13.5. The molecule has 39 heavy (non-hydrogen) atoms. The molecule has 1 fully saturated rings. The highest BCUT2D eigenvalue weighted by Gasteiger charge is 2.26. The van der Waals surface area contributed by atoms with Gasteiger partial charge in [-0.3, -0.25) is 9.59 Å². The zero-order valence-corrected chi connectivity index (χ0v) is 25.0. The van der Waals surface area contributed by atoms with E-state index in [1.54, 1.807) is 23.1 Å². The first-order valence-corrected chi connectivity index (χ1v) is 14.7. The summed E-state index contributed by atoms with van der Waals surface area (Å²) >= 11 is 7.01. The van der Waals surface area contributed by atoms with Gasteiger partial charge < -0.3 is 25.4 Å². The Kier molecular flexibility index (Phi) is 10.6. The van der Waals surface area contributed by atoms with Gasteiger partial charge in [0.1, 0.15) is 5.75 Å².